The molecule has 19 heavy (non-hydrogen) atoms. The van der Waals surface area contributed by atoms with Crippen LogP contribution in [0, 0.1) is 0 Å². The summed E-state index contributed by atoms with van der Waals surface area (Å²) < 4.78 is 0. The van der Waals surface area contributed by atoms with Gasteiger partial charge in [0.05, 0.1) is 5.60 Å². The van der Waals surface area contributed by atoms with Crippen LogP contribution in [0.1, 0.15) is 43.8 Å². The summed E-state index contributed by atoms with van der Waals surface area (Å²) in [6, 6.07) is 7.69. The molecule has 1 aromatic heterocycles. The van der Waals surface area contributed by atoms with E-state index in [1.54, 1.807) is 12.4 Å². The SMILES string of the molecule is OC(c1cccc2cnccc12)C1(O)CCCCC1. The minimum absolute atomic E-state index is 0.676. The van der Waals surface area contributed by atoms with Gasteiger partial charge in [0.1, 0.15) is 6.10 Å². The smallest absolute Gasteiger partial charge is 0.108 e. The zero-order valence-electron chi connectivity index (χ0n) is 10.9. The second-order valence-electron chi connectivity index (χ2n) is 5.51. The molecule has 0 amide bonds. The fourth-order valence-corrected chi connectivity index (χ4v) is 3.11. The summed E-state index contributed by atoms with van der Waals surface area (Å²) in [6.07, 6.45) is 7.17. The van der Waals surface area contributed by atoms with Gasteiger partial charge in [0, 0.05) is 17.8 Å². The zero-order chi connectivity index (χ0) is 13.3. The number of pyridine rings is 1. The molecule has 0 radical (unpaired) electrons. The molecule has 0 aliphatic heterocycles. The van der Waals surface area contributed by atoms with Crippen molar-refractivity contribution in [3.8, 4) is 0 Å². The van der Waals surface area contributed by atoms with E-state index in [0.717, 1.165) is 35.6 Å². The number of rotatable bonds is 2. The van der Waals surface area contributed by atoms with Crippen LogP contribution in [0.2, 0.25) is 0 Å². The average Bonchev–Trinajstić information content (AvgIpc) is 2.47. The van der Waals surface area contributed by atoms with Crippen LogP contribution in [0.3, 0.4) is 0 Å². The highest BCUT2D eigenvalue weighted by Gasteiger charge is 2.38. The number of nitrogens with zero attached hydrogens (tertiary/aromatic N) is 1. The molecule has 1 aromatic carbocycles. The van der Waals surface area contributed by atoms with Crippen molar-refractivity contribution in [2.45, 2.75) is 43.8 Å². The summed E-state index contributed by atoms with van der Waals surface area (Å²) in [7, 11) is 0. The molecule has 3 heteroatoms. The Bertz CT molecular complexity index is 570. The van der Waals surface area contributed by atoms with Crippen molar-refractivity contribution in [3.05, 3.63) is 42.2 Å². The van der Waals surface area contributed by atoms with Crippen LogP contribution in [-0.2, 0) is 0 Å². The molecule has 1 atom stereocenters. The Balaban J connectivity index is 2.03. The average molecular weight is 257 g/mol. The van der Waals surface area contributed by atoms with Crippen LogP contribution in [0.25, 0.3) is 10.8 Å². The Morgan fingerprint density at radius 3 is 2.68 bits per heavy atom. The van der Waals surface area contributed by atoms with Gasteiger partial charge in [-0.1, -0.05) is 37.5 Å². The minimum Gasteiger partial charge on any atom is -0.387 e. The number of hydrogen-bond acceptors (Lipinski definition) is 3. The molecule has 1 saturated carbocycles. The first-order chi connectivity index (χ1) is 9.21. The summed E-state index contributed by atoms with van der Waals surface area (Å²) in [5.74, 6) is 0. The van der Waals surface area contributed by atoms with Crippen molar-refractivity contribution >= 4 is 10.8 Å². The summed E-state index contributed by atoms with van der Waals surface area (Å²) in [5, 5.41) is 23.3. The van der Waals surface area contributed by atoms with Crippen molar-refractivity contribution in [1.82, 2.24) is 4.98 Å². The molecule has 1 unspecified atom stereocenters. The number of hydrogen-bond donors (Lipinski definition) is 2. The van der Waals surface area contributed by atoms with Gasteiger partial charge in [-0.2, -0.15) is 0 Å². The van der Waals surface area contributed by atoms with Gasteiger partial charge in [-0.15, -0.1) is 0 Å². The van der Waals surface area contributed by atoms with E-state index < -0.39 is 11.7 Å². The number of aliphatic hydroxyl groups excluding tert-OH is 1. The topological polar surface area (TPSA) is 53.4 Å². The quantitative estimate of drug-likeness (QED) is 0.869. The van der Waals surface area contributed by atoms with E-state index in [-0.39, 0.29) is 0 Å². The lowest BCUT2D eigenvalue weighted by Gasteiger charge is -2.36. The van der Waals surface area contributed by atoms with E-state index in [1.807, 2.05) is 24.3 Å². The van der Waals surface area contributed by atoms with Crippen molar-refractivity contribution in [3.63, 3.8) is 0 Å². The monoisotopic (exact) mass is 257 g/mol. The van der Waals surface area contributed by atoms with Crippen LogP contribution in [0.4, 0.5) is 0 Å². The lowest BCUT2D eigenvalue weighted by atomic mass is 9.78. The number of fused-ring (bicyclic) bond motifs is 1. The number of benzene rings is 1. The Morgan fingerprint density at radius 1 is 1.11 bits per heavy atom. The molecule has 1 aliphatic rings. The third-order valence-corrected chi connectivity index (χ3v) is 4.24. The number of aromatic nitrogens is 1. The summed E-state index contributed by atoms with van der Waals surface area (Å²) in [6.45, 7) is 0. The van der Waals surface area contributed by atoms with E-state index in [1.165, 1.54) is 0 Å². The lowest BCUT2D eigenvalue weighted by Crippen LogP contribution is -2.38. The predicted molar refractivity (Wildman–Crippen MR) is 74.7 cm³/mol. The van der Waals surface area contributed by atoms with Gasteiger partial charge >= 0.3 is 0 Å². The van der Waals surface area contributed by atoms with Gasteiger partial charge in [-0.05, 0) is 29.9 Å². The van der Waals surface area contributed by atoms with E-state index in [4.69, 9.17) is 0 Å². The van der Waals surface area contributed by atoms with Gasteiger partial charge < -0.3 is 10.2 Å². The third kappa shape index (κ3) is 2.24. The number of aliphatic hydroxyl groups is 2. The maximum atomic E-state index is 10.7. The molecule has 1 fully saturated rings. The first-order valence-corrected chi connectivity index (χ1v) is 6.94. The Kier molecular flexibility index (Phi) is 3.25. The minimum atomic E-state index is -0.976. The van der Waals surface area contributed by atoms with E-state index in [2.05, 4.69) is 4.98 Å². The largest absolute Gasteiger partial charge is 0.387 e. The molecule has 1 heterocycles. The highest BCUT2D eigenvalue weighted by Crippen LogP contribution is 2.40. The van der Waals surface area contributed by atoms with Crippen molar-refractivity contribution in [2.75, 3.05) is 0 Å². The molecule has 0 saturated heterocycles. The second kappa shape index (κ2) is 4.91. The predicted octanol–water partition coefficient (Wildman–Crippen LogP) is 2.96. The van der Waals surface area contributed by atoms with Crippen LogP contribution in [0.15, 0.2) is 36.7 Å². The first-order valence-electron chi connectivity index (χ1n) is 6.94. The van der Waals surface area contributed by atoms with Crippen molar-refractivity contribution in [2.24, 2.45) is 0 Å². The molecule has 0 bridgehead atoms. The molecule has 3 nitrogen and oxygen atoms in total. The maximum Gasteiger partial charge on any atom is 0.108 e. The summed E-state index contributed by atoms with van der Waals surface area (Å²) in [4.78, 5) is 4.10. The molecule has 100 valence electrons. The highest BCUT2D eigenvalue weighted by atomic mass is 16.3. The molecule has 0 spiro atoms. The van der Waals surface area contributed by atoms with Gasteiger partial charge in [0.25, 0.3) is 0 Å². The first kappa shape index (κ1) is 12.6. The fraction of sp³-hybridized carbons (Fsp3) is 0.438. The van der Waals surface area contributed by atoms with Crippen LogP contribution in [0.5, 0.6) is 0 Å². The molecule has 3 rings (SSSR count). The summed E-state index contributed by atoms with van der Waals surface area (Å²) >= 11 is 0. The Morgan fingerprint density at radius 2 is 1.89 bits per heavy atom. The third-order valence-electron chi connectivity index (χ3n) is 4.24. The van der Waals surface area contributed by atoms with Crippen LogP contribution in [-0.4, -0.2) is 20.8 Å². The second-order valence-corrected chi connectivity index (χ2v) is 5.51. The summed E-state index contributed by atoms with van der Waals surface area (Å²) in [5.41, 5.74) is -0.167. The molecular weight excluding hydrogens is 238 g/mol. The van der Waals surface area contributed by atoms with Crippen molar-refractivity contribution < 1.29 is 10.2 Å². The molecule has 2 N–H and O–H groups in total. The Labute approximate surface area is 112 Å². The molecule has 2 aromatic rings. The van der Waals surface area contributed by atoms with Gasteiger partial charge in [-0.3, -0.25) is 4.98 Å². The van der Waals surface area contributed by atoms with Crippen LogP contribution >= 0.6 is 0 Å². The van der Waals surface area contributed by atoms with Gasteiger partial charge in [0.15, 0.2) is 0 Å². The zero-order valence-corrected chi connectivity index (χ0v) is 10.9. The van der Waals surface area contributed by atoms with Crippen LogP contribution < -0.4 is 0 Å². The molecule has 1 aliphatic carbocycles. The standard InChI is InChI=1S/C16H19NO2/c18-15(16(19)8-2-1-3-9-16)14-6-4-5-12-11-17-10-7-13(12)14/h4-7,10-11,15,18-19H,1-3,8-9H2. The fourth-order valence-electron chi connectivity index (χ4n) is 3.11. The van der Waals surface area contributed by atoms with Gasteiger partial charge in [0.2, 0.25) is 0 Å². The lowest BCUT2D eigenvalue weighted by molar-refractivity contribution is -0.0985. The Hall–Kier alpha value is -1.45. The van der Waals surface area contributed by atoms with E-state index >= 15 is 0 Å². The van der Waals surface area contributed by atoms with Crippen molar-refractivity contribution in [1.29, 1.82) is 0 Å². The maximum absolute atomic E-state index is 10.7. The van der Waals surface area contributed by atoms with E-state index in [9.17, 15) is 10.2 Å². The normalized spacial score (nSPS) is 20.3. The highest BCUT2D eigenvalue weighted by molar-refractivity contribution is 5.85. The van der Waals surface area contributed by atoms with Gasteiger partial charge in [-0.25, -0.2) is 0 Å². The van der Waals surface area contributed by atoms with E-state index in [0.29, 0.717) is 12.8 Å². The molecular formula is C16H19NO2.